The number of aryl methyl sites for hydroxylation is 4. The van der Waals surface area contributed by atoms with Gasteiger partial charge in [-0.1, -0.05) is 30.3 Å². The van der Waals surface area contributed by atoms with Crippen molar-refractivity contribution in [2.24, 2.45) is 0 Å². The molecule has 0 aliphatic heterocycles. The van der Waals surface area contributed by atoms with Crippen LogP contribution in [0.1, 0.15) is 22.5 Å². The van der Waals surface area contributed by atoms with Crippen LogP contribution in [0, 0.1) is 37.8 Å². The Morgan fingerprint density at radius 3 is 2.34 bits per heavy atom. The highest BCUT2D eigenvalue weighted by atomic mass is 16.6. The number of anilines is 2. The van der Waals surface area contributed by atoms with E-state index in [-0.39, 0.29) is 5.69 Å². The van der Waals surface area contributed by atoms with E-state index in [1.54, 1.807) is 12.1 Å². The Morgan fingerprint density at radius 1 is 0.966 bits per heavy atom. The summed E-state index contributed by atoms with van der Waals surface area (Å²) in [6.45, 7) is 8.01. The van der Waals surface area contributed by atoms with E-state index in [0.717, 1.165) is 34.0 Å². The van der Waals surface area contributed by atoms with Crippen LogP contribution in [0.2, 0.25) is 0 Å². The lowest BCUT2D eigenvalue weighted by Gasteiger charge is -2.15. The number of fused-ring (bicyclic) bond motifs is 1. The fourth-order valence-corrected chi connectivity index (χ4v) is 3.59. The number of hydrogen-bond acceptors (Lipinski definition) is 5. The normalized spacial score (nSPS) is 11.0. The van der Waals surface area contributed by atoms with Gasteiger partial charge in [0.2, 0.25) is 5.78 Å². The lowest BCUT2D eigenvalue weighted by molar-refractivity contribution is -0.384. The quantitative estimate of drug-likeness (QED) is 0.380. The van der Waals surface area contributed by atoms with E-state index in [4.69, 9.17) is 4.98 Å². The predicted octanol–water partition coefficient (Wildman–Crippen LogP) is 5.28. The van der Waals surface area contributed by atoms with Crippen LogP contribution in [0.5, 0.6) is 0 Å². The largest absolute Gasteiger partial charge is 0.339 e. The van der Waals surface area contributed by atoms with Crippen molar-refractivity contribution in [3.63, 3.8) is 0 Å². The van der Waals surface area contributed by atoms with Gasteiger partial charge in [0.1, 0.15) is 11.5 Å². The van der Waals surface area contributed by atoms with Crippen molar-refractivity contribution >= 4 is 23.0 Å². The van der Waals surface area contributed by atoms with Crippen LogP contribution in [-0.4, -0.2) is 19.3 Å². The molecule has 4 rings (SSSR count). The molecule has 0 aliphatic rings. The Bertz CT molecular complexity index is 1240. The SMILES string of the molecule is Cc1cc(C)n2c(Nc3c(C)cccc3C)c(-c3cccc([N+](=O)[O-])c3)nc2n1. The number of rotatable bonds is 4. The summed E-state index contributed by atoms with van der Waals surface area (Å²) in [5.41, 5.74) is 6.34. The van der Waals surface area contributed by atoms with Crippen LogP contribution in [0.3, 0.4) is 0 Å². The fourth-order valence-electron chi connectivity index (χ4n) is 3.59. The predicted molar refractivity (Wildman–Crippen MR) is 114 cm³/mol. The molecule has 2 aromatic heterocycles. The van der Waals surface area contributed by atoms with Crippen LogP contribution >= 0.6 is 0 Å². The third kappa shape index (κ3) is 3.31. The number of imidazole rings is 1. The first-order valence-corrected chi connectivity index (χ1v) is 9.30. The van der Waals surface area contributed by atoms with Gasteiger partial charge < -0.3 is 5.32 Å². The van der Waals surface area contributed by atoms with Gasteiger partial charge >= 0.3 is 0 Å². The molecule has 0 radical (unpaired) electrons. The van der Waals surface area contributed by atoms with Gasteiger partial charge in [0, 0.05) is 34.8 Å². The average molecular weight is 387 g/mol. The molecular formula is C22H21N5O2. The van der Waals surface area contributed by atoms with E-state index < -0.39 is 4.92 Å². The molecule has 0 spiro atoms. The number of nitro benzene ring substituents is 1. The van der Waals surface area contributed by atoms with Crippen LogP contribution in [0.15, 0.2) is 48.5 Å². The third-order valence-corrected chi connectivity index (χ3v) is 4.96. The first-order valence-electron chi connectivity index (χ1n) is 9.30. The van der Waals surface area contributed by atoms with E-state index in [2.05, 4.69) is 10.3 Å². The van der Waals surface area contributed by atoms with Crippen molar-refractivity contribution < 1.29 is 4.92 Å². The summed E-state index contributed by atoms with van der Waals surface area (Å²) in [6.07, 6.45) is 0. The first kappa shape index (κ1) is 18.6. The number of non-ortho nitro benzene ring substituents is 1. The van der Waals surface area contributed by atoms with Gasteiger partial charge in [0.05, 0.1) is 4.92 Å². The summed E-state index contributed by atoms with van der Waals surface area (Å²) in [7, 11) is 0. The number of nitro groups is 1. The molecule has 0 aliphatic carbocycles. The molecule has 0 saturated heterocycles. The Hall–Kier alpha value is -3.74. The van der Waals surface area contributed by atoms with Crippen molar-refractivity contribution in [3.8, 4) is 11.3 Å². The van der Waals surface area contributed by atoms with Crippen LogP contribution in [-0.2, 0) is 0 Å². The number of hydrogen-bond donors (Lipinski definition) is 1. The molecule has 0 fully saturated rings. The standard InChI is InChI=1S/C22H21N5O2/c1-13-7-5-8-14(2)19(13)24-21-20(17-9-6-10-18(12-17)27(28)29)25-22-23-15(3)11-16(4)26(21)22/h5-12,24H,1-4H3. The molecule has 7 heteroatoms. The van der Waals surface area contributed by atoms with Crippen molar-refractivity contribution in [3.05, 3.63) is 81.2 Å². The lowest BCUT2D eigenvalue weighted by atomic mass is 10.1. The summed E-state index contributed by atoms with van der Waals surface area (Å²) in [5.74, 6) is 1.29. The number of para-hydroxylation sites is 1. The molecule has 146 valence electrons. The minimum Gasteiger partial charge on any atom is -0.339 e. The average Bonchev–Trinajstić information content (AvgIpc) is 3.03. The first-order chi connectivity index (χ1) is 13.8. The van der Waals surface area contributed by atoms with Gasteiger partial charge in [-0.25, -0.2) is 9.97 Å². The maximum atomic E-state index is 11.3. The molecule has 2 aromatic carbocycles. The Kier molecular flexibility index (Phi) is 4.50. The summed E-state index contributed by atoms with van der Waals surface area (Å²) in [6, 6.07) is 14.6. The van der Waals surface area contributed by atoms with Crippen molar-refractivity contribution in [2.45, 2.75) is 27.7 Å². The minimum absolute atomic E-state index is 0.0263. The molecule has 0 bridgehead atoms. The smallest absolute Gasteiger partial charge is 0.270 e. The molecule has 0 saturated carbocycles. The number of benzene rings is 2. The molecule has 0 unspecified atom stereocenters. The van der Waals surface area contributed by atoms with Crippen molar-refractivity contribution in [1.29, 1.82) is 0 Å². The molecule has 4 aromatic rings. The summed E-state index contributed by atoms with van der Waals surface area (Å²) >= 11 is 0. The molecule has 29 heavy (non-hydrogen) atoms. The van der Waals surface area contributed by atoms with E-state index in [0.29, 0.717) is 17.0 Å². The topological polar surface area (TPSA) is 85.4 Å². The second-order valence-corrected chi connectivity index (χ2v) is 7.18. The third-order valence-electron chi connectivity index (χ3n) is 4.96. The molecule has 0 atom stereocenters. The van der Waals surface area contributed by atoms with Crippen molar-refractivity contribution in [2.75, 3.05) is 5.32 Å². The molecular weight excluding hydrogens is 366 g/mol. The molecule has 2 heterocycles. The van der Waals surface area contributed by atoms with Gasteiger partial charge in [-0.05, 0) is 44.9 Å². The Morgan fingerprint density at radius 2 is 1.66 bits per heavy atom. The molecule has 7 nitrogen and oxygen atoms in total. The number of nitrogens with zero attached hydrogens (tertiary/aromatic N) is 4. The Labute approximate surface area is 168 Å². The van der Waals surface area contributed by atoms with E-state index in [1.807, 2.05) is 62.4 Å². The van der Waals surface area contributed by atoms with Gasteiger partial charge in [-0.3, -0.25) is 14.5 Å². The second-order valence-electron chi connectivity index (χ2n) is 7.18. The van der Waals surface area contributed by atoms with Crippen LogP contribution in [0.4, 0.5) is 17.2 Å². The van der Waals surface area contributed by atoms with E-state index in [9.17, 15) is 10.1 Å². The Balaban J connectivity index is 1.99. The number of nitrogens with one attached hydrogen (secondary N) is 1. The fraction of sp³-hybridized carbons (Fsp3) is 0.182. The number of aromatic nitrogens is 3. The van der Waals surface area contributed by atoms with Gasteiger partial charge in [0.25, 0.3) is 5.69 Å². The monoisotopic (exact) mass is 387 g/mol. The minimum atomic E-state index is -0.397. The van der Waals surface area contributed by atoms with Crippen molar-refractivity contribution in [1.82, 2.24) is 14.4 Å². The van der Waals surface area contributed by atoms with Gasteiger partial charge in [-0.15, -0.1) is 0 Å². The van der Waals surface area contributed by atoms with E-state index in [1.165, 1.54) is 6.07 Å². The second kappa shape index (κ2) is 7.01. The lowest BCUT2D eigenvalue weighted by Crippen LogP contribution is -2.03. The zero-order valence-electron chi connectivity index (χ0n) is 16.7. The highest BCUT2D eigenvalue weighted by molar-refractivity contribution is 5.81. The molecule has 1 N–H and O–H groups in total. The highest BCUT2D eigenvalue weighted by Gasteiger charge is 2.20. The van der Waals surface area contributed by atoms with Crippen LogP contribution < -0.4 is 5.32 Å². The van der Waals surface area contributed by atoms with Gasteiger partial charge in [-0.2, -0.15) is 0 Å². The van der Waals surface area contributed by atoms with Gasteiger partial charge in [0.15, 0.2) is 0 Å². The summed E-state index contributed by atoms with van der Waals surface area (Å²) in [5, 5.41) is 14.8. The van der Waals surface area contributed by atoms with Crippen LogP contribution in [0.25, 0.3) is 17.0 Å². The zero-order valence-corrected chi connectivity index (χ0v) is 16.7. The molecule has 0 amide bonds. The summed E-state index contributed by atoms with van der Waals surface area (Å²) in [4.78, 5) is 20.2. The zero-order chi connectivity index (χ0) is 20.7. The highest BCUT2D eigenvalue weighted by Crippen LogP contribution is 2.35. The summed E-state index contributed by atoms with van der Waals surface area (Å²) < 4.78 is 1.95. The van der Waals surface area contributed by atoms with E-state index >= 15 is 0 Å². The maximum Gasteiger partial charge on any atom is 0.270 e. The maximum absolute atomic E-state index is 11.3.